The minimum Gasteiger partial charge on any atom is -0.334 e. The normalized spacial score (nSPS) is 24.7. The maximum atomic E-state index is 4.33. The molecule has 0 saturated carbocycles. The number of nitrogens with one attached hydrogen (secondary N) is 1. The first-order chi connectivity index (χ1) is 8.22. The quantitative estimate of drug-likeness (QED) is 0.850. The van der Waals surface area contributed by atoms with Crippen molar-refractivity contribution < 1.29 is 0 Å². The summed E-state index contributed by atoms with van der Waals surface area (Å²) in [5, 5.41) is 3.65. The average molecular weight is 235 g/mol. The van der Waals surface area contributed by atoms with Crippen LogP contribution in [0.15, 0.2) is 12.5 Å². The van der Waals surface area contributed by atoms with Crippen LogP contribution in [0.4, 0.5) is 0 Å². The molecule has 3 heteroatoms. The number of nitrogens with zero attached hydrogens (tertiary/aromatic N) is 2. The Kier molecular flexibility index (Phi) is 4.21. The molecule has 2 rings (SSSR count). The van der Waals surface area contributed by atoms with Gasteiger partial charge in [-0.1, -0.05) is 20.8 Å². The van der Waals surface area contributed by atoms with Crippen molar-refractivity contribution in [3.63, 3.8) is 0 Å². The van der Waals surface area contributed by atoms with Crippen LogP contribution in [0, 0.1) is 5.92 Å². The zero-order valence-electron chi connectivity index (χ0n) is 11.3. The van der Waals surface area contributed by atoms with Gasteiger partial charge in [-0.25, -0.2) is 4.98 Å². The van der Waals surface area contributed by atoms with Gasteiger partial charge in [0.15, 0.2) is 0 Å². The van der Waals surface area contributed by atoms with Gasteiger partial charge in [-0.2, -0.15) is 0 Å². The van der Waals surface area contributed by atoms with Crippen molar-refractivity contribution in [2.75, 3.05) is 6.54 Å². The molecule has 0 aromatic carbocycles. The molecule has 2 unspecified atom stereocenters. The van der Waals surface area contributed by atoms with Crippen molar-refractivity contribution in [3.05, 3.63) is 18.2 Å². The van der Waals surface area contributed by atoms with E-state index in [0.29, 0.717) is 12.0 Å². The van der Waals surface area contributed by atoms with Crippen LogP contribution in [-0.2, 0) is 6.54 Å². The van der Waals surface area contributed by atoms with Crippen LogP contribution >= 0.6 is 0 Å². The second kappa shape index (κ2) is 5.67. The van der Waals surface area contributed by atoms with Crippen LogP contribution in [0.2, 0.25) is 0 Å². The van der Waals surface area contributed by atoms with Gasteiger partial charge < -0.3 is 9.88 Å². The molecule has 0 aliphatic carbocycles. The molecule has 0 spiro atoms. The molecule has 1 aromatic rings. The van der Waals surface area contributed by atoms with Crippen molar-refractivity contribution in [2.24, 2.45) is 5.92 Å². The van der Waals surface area contributed by atoms with Gasteiger partial charge in [0.25, 0.3) is 0 Å². The smallest absolute Gasteiger partial charge is 0.0948 e. The van der Waals surface area contributed by atoms with Gasteiger partial charge in [0.1, 0.15) is 0 Å². The van der Waals surface area contributed by atoms with E-state index in [-0.39, 0.29) is 0 Å². The zero-order chi connectivity index (χ0) is 12.3. The van der Waals surface area contributed by atoms with Crippen molar-refractivity contribution in [1.82, 2.24) is 14.9 Å². The lowest BCUT2D eigenvalue weighted by Gasteiger charge is -2.22. The third-order valence-electron chi connectivity index (χ3n) is 3.66. The summed E-state index contributed by atoms with van der Waals surface area (Å²) in [7, 11) is 0. The van der Waals surface area contributed by atoms with Gasteiger partial charge in [-0.15, -0.1) is 0 Å². The summed E-state index contributed by atoms with van der Waals surface area (Å²) in [6, 6.07) is 0.641. The Hall–Kier alpha value is -0.830. The minimum atomic E-state index is 0.641. The van der Waals surface area contributed by atoms with Gasteiger partial charge in [-0.05, 0) is 31.7 Å². The molecule has 1 aromatic heterocycles. The summed E-state index contributed by atoms with van der Waals surface area (Å²) in [5.74, 6) is 1.42. The van der Waals surface area contributed by atoms with E-state index < -0.39 is 0 Å². The lowest BCUT2D eigenvalue weighted by atomic mass is 9.91. The van der Waals surface area contributed by atoms with Gasteiger partial charge in [0.05, 0.1) is 6.33 Å². The molecule has 3 nitrogen and oxygen atoms in total. The van der Waals surface area contributed by atoms with E-state index in [1.54, 1.807) is 0 Å². The largest absolute Gasteiger partial charge is 0.334 e. The molecule has 96 valence electrons. The van der Waals surface area contributed by atoms with Crippen LogP contribution in [0.3, 0.4) is 0 Å². The van der Waals surface area contributed by atoms with Crippen molar-refractivity contribution >= 4 is 0 Å². The van der Waals surface area contributed by atoms with Crippen molar-refractivity contribution in [1.29, 1.82) is 0 Å². The molecule has 17 heavy (non-hydrogen) atoms. The first kappa shape index (κ1) is 12.6. The van der Waals surface area contributed by atoms with Crippen LogP contribution in [0.1, 0.15) is 51.6 Å². The second-order valence-electron chi connectivity index (χ2n) is 5.60. The molecule has 0 radical (unpaired) electrons. The third kappa shape index (κ3) is 2.89. The zero-order valence-corrected chi connectivity index (χ0v) is 11.3. The van der Waals surface area contributed by atoms with E-state index in [1.807, 2.05) is 6.33 Å². The Morgan fingerprint density at radius 2 is 2.35 bits per heavy atom. The molecular formula is C14H25N3. The summed E-state index contributed by atoms with van der Waals surface area (Å²) in [6.45, 7) is 9.09. The Balaban J connectivity index is 2.11. The lowest BCUT2D eigenvalue weighted by molar-refractivity contribution is 0.421. The molecule has 1 saturated heterocycles. The Morgan fingerprint density at radius 3 is 3.06 bits per heavy atom. The van der Waals surface area contributed by atoms with E-state index in [9.17, 15) is 0 Å². The Bertz CT molecular complexity index is 343. The fourth-order valence-corrected chi connectivity index (χ4v) is 2.94. The van der Waals surface area contributed by atoms with Crippen LogP contribution in [0.25, 0.3) is 0 Å². The Morgan fingerprint density at radius 1 is 1.53 bits per heavy atom. The maximum Gasteiger partial charge on any atom is 0.0948 e. The maximum absolute atomic E-state index is 4.33. The second-order valence-corrected chi connectivity index (χ2v) is 5.60. The number of hydrogen-bond donors (Lipinski definition) is 1. The monoisotopic (exact) mass is 235 g/mol. The fourth-order valence-electron chi connectivity index (χ4n) is 2.94. The first-order valence-corrected chi connectivity index (χ1v) is 6.95. The number of aromatic nitrogens is 2. The average Bonchev–Trinajstić information content (AvgIpc) is 2.86. The highest BCUT2D eigenvalue weighted by atomic mass is 15.1. The molecule has 2 atom stereocenters. The predicted octanol–water partition coefficient (Wildman–Crippen LogP) is 2.78. The predicted molar refractivity (Wildman–Crippen MR) is 71.1 cm³/mol. The molecule has 1 aliphatic heterocycles. The molecule has 1 N–H and O–H groups in total. The number of rotatable bonds is 5. The topological polar surface area (TPSA) is 29.9 Å². The summed E-state index contributed by atoms with van der Waals surface area (Å²) < 4.78 is 2.34. The van der Waals surface area contributed by atoms with E-state index in [2.05, 4.69) is 41.8 Å². The van der Waals surface area contributed by atoms with Gasteiger partial charge in [0.2, 0.25) is 0 Å². The highest BCUT2D eigenvalue weighted by Gasteiger charge is 2.30. The summed E-state index contributed by atoms with van der Waals surface area (Å²) >= 11 is 0. The van der Waals surface area contributed by atoms with Crippen LogP contribution < -0.4 is 5.32 Å². The highest BCUT2D eigenvalue weighted by molar-refractivity contribution is 5.12. The lowest BCUT2D eigenvalue weighted by Crippen LogP contribution is -2.28. The standard InChI is InChI=1S/C14H25N3/c1-4-7-17-10-15-9-14(17)12-5-6-16-13(12)8-11(2)3/h9-13,16H,4-8H2,1-3H3. The van der Waals surface area contributed by atoms with Crippen LogP contribution in [0.5, 0.6) is 0 Å². The summed E-state index contributed by atoms with van der Waals surface area (Å²) in [6.07, 6.45) is 7.76. The molecule has 1 aliphatic rings. The molecule has 0 bridgehead atoms. The fraction of sp³-hybridized carbons (Fsp3) is 0.786. The molecule has 0 amide bonds. The van der Waals surface area contributed by atoms with Crippen molar-refractivity contribution in [3.8, 4) is 0 Å². The van der Waals surface area contributed by atoms with E-state index >= 15 is 0 Å². The number of hydrogen-bond acceptors (Lipinski definition) is 2. The van der Waals surface area contributed by atoms with Gasteiger partial charge in [-0.3, -0.25) is 0 Å². The number of aryl methyl sites for hydroxylation is 1. The van der Waals surface area contributed by atoms with E-state index in [4.69, 9.17) is 0 Å². The van der Waals surface area contributed by atoms with E-state index in [1.165, 1.54) is 25.0 Å². The SMILES string of the molecule is CCCn1cncc1C1CCNC1CC(C)C. The van der Waals surface area contributed by atoms with Crippen LogP contribution in [-0.4, -0.2) is 22.1 Å². The Labute approximate surface area is 105 Å². The van der Waals surface area contributed by atoms with Gasteiger partial charge >= 0.3 is 0 Å². The van der Waals surface area contributed by atoms with E-state index in [0.717, 1.165) is 19.0 Å². The minimum absolute atomic E-state index is 0.641. The molecule has 1 fully saturated rings. The van der Waals surface area contributed by atoms with Crippen molar-refractivity contribution in [2.45, 2.75) is 58.5 Å². The highest BCUT2D eigenvalue weighted by Crippen LogP contribution is 2.31. The summed E-state index contributed by atoms with van der Waals surface area (Å²) in [5.41, 5.74) is 1.43. The third-order valence-corrected chi connectivity index (χ3v) is 3.66. The molecular weight excluding hydrogens is 210 g/mol. The first-order valence-electron chi connectivity index (χ1n) is 6.95. The number of imidazole rings is 1. The molecule has 2 heterocycles. The van der Waals surface area contributed by atoms with Gasteiger partial charge in [0, 0.05) is 30.4 Å². The summed E-state index contributed by atoms with van der Waals surface area (Å²) in [4.78, 5) is 4.33.